The zero-order valence-electron chi connectivity index (χ0n) is 31.5. The highest BCUT2D eigenvalue weighted by Crippen LogP contribution is 2.68. The number of benzene rings is 4. The minimum Gasteiger partial charge on any atom is -0.451 e. The van der Waals surface area contributed by atoms with Gasteiger partial charge in [0.1, 0.15) is 0 Å². The van der Waals surface area contributed by atoms with Crippen LogP contribution in [-0.2, 0) is 10.8 Å². The maximum Gasteiger partial charge on any atom is 0.213 e. The van der Waals surface area contributed by atoms with Crippen LogP contribution in [0.25, 0.3) is 0 Å². The average Bonchev–Trinajstić information content (AvgIpc) is 3.16. The first-order valence-corrected chi connectivity index (χ1v) is 20.3. The SMILES string of the molecule is N#Cc1ccc(Oc2c(C34CC5CC(CC(C5)C3)C4)cc(C34CC5CC(CC(C5)C3)C4)c(Oc3ccc(C#N)cc3N)c2Oc2ccc(C#N)cc2N)c(N)c1. The van der Waals surface area contributed by atoms with Gasteiger partial charge < -0.3 is 31.4 Å². The van der Waals surface area contributed by atoms with Crippen LogP contribution in [0.2, 0.25) is 0 Å². The van der Waals surface area contributed by atoms with E-state index in [9.17, 15) is 15.8 Å². The van der Waals surface area contributed by atoms with Gasteiger partial charge in [0.15, 0.2) is 28.7 Å². The molecule has 9 nitrogen and oxygen atoms in total. The van der Waals surface area contributed by atoms with Crippen molar-refractivity contribution >= 4 is 17.1 Å². The summed E-state index contributed by atoms with van der Waals surface area (Å²) in [7, 11) is 0. The van der Waals surface area contributed by atoms with Crippen LogP contribution in [-0.4, -0.2) is 0 Å². The van der Waals surface area contributed by atoms with E-state index in [-0.39, 0.29) is 10.8 Å². The van der Waals surface area contributed by atoms with Gasteiger partial charge in [-0.2, -0.15) is 15.8 Å². The van der Waals surface area contributed by atoms with Crippen LogP contribution in [0.3, 0.4) is 0 Å². The molecule has 0 aliphatic heterocycles. The molecule has 12 rings (SSSR count). The van der Waals surface area contributed by atoms with Gasteiger partial charge in [0.25, 0.3) is 0 Å². The summed E-state index contributed by atoms with van der Waals surface area (Å²) in [6.45, 7) is 0. The van der Waals surface area contributed by atoms with Crippen molar-refractivity contribution in [1.82, 2.24) is 0 Å². The van der Waals surface area contributed by atoms with Crippen molar-refractivity contribution in [3.05, 3.63) is 88.5 Å². The highest BCUT2D eigenvalue weighted by atomic mass is 16.5. The van der Waals surface area contributed by atoms with Crippen molar-refractivity contribution in [3.63, 3.8) is 0 Å². The fourth-order valence-electron chi connectivity index (χ4n) is 13.1. The molecule has 0 unspecified atom stereocenters. The highest BCUT2D eigenvalue weighted by molar-refractivity contribution is 5.71. The van der Waals surface area contributed by atoms with E-state index in [1.165, 1.54) is 38.5 Å². The predicted octanol–water partition coefficient (Wildman–Crippen LogP) is 10.4. The van der Waals surface area contributed by atoms with Gasteiger partial charge in [0.2, 0.25) is 5.75 Å². The van der Waals surface area contributed by atoms with Gasteiger partial charge in [-0.25, -0.2) is 0 Å². The van der Waals surface area contributed by atoms with Crippen LogP contribution in [0.5, 0.6) is 34.5 Å². The van der Waals surface area contributed by atoms with Crippen LogP contribution in [0.4, 0.5) is 17.1 Å². The molecule has 8 bridgehead atoms. The van der Waals surface area contributed by atoms with Gasteiger partial charge in [-0.15, -0.1) is 0 Å². The minimum absolute atomic E-state index is 0.136. The van der Waals surface area contributed by atoms with E-state index in [1.54, 1.807) is 54.6 Å². The number of hydrogen-bond acceptors (Lipinski definition) is 9. The van der Waals surface area contributed by atoms with Crippen LogP contribution < -0.4 is 31.4 Å². The summed E-state index contributed by atoms with van der Waals surface area (Å²) >= 11 is 0. The Morgan fingerprint density at radius 2 is 0.714 bits per heavy atom. The third-order valence-corrected chi connectivity index (χ3v) is 14.5. The molecule has 8 aliphatic carbocycles. The van der Waals surface area contributed by atoms with E-state index in [4.69, 9.17) is 31.4 Å². The predicted molar refractivity (Wildman–Crippen MR) is 213 cm³/mol. The first-order valence-electron chi connectivity index (χ1n) is 20.3. The monoisotopic (exact) mass is 742 g/mol. The maximum absolute atomic E-state index is 9.71. The third kappa shape index (κ3) is 5.69. The molecule has 0 spiro atoms. The van der Waals surface area contributed by atoms with Crippen LogP contribution in [0.15, 0.2) is 60.7 Å². The molecule has 0 aromatic heterocycles. The summed E-state index contributed by atoms with van der Waals surface area (Å²) in [6, 6.07) is 24.3. The Balaban J connectivity index is 1.27. The molecule has 0 amide bonds. The first-order chi connectivity index (χ1) is 27.1. The molecule has 8 fully saturated rings. The molecule has 4 aromatic rings. The topological polar surface area (TPSA) is 177 Å². The van der Waals surface area contributed by atoms with Gasteiger partial charge in [-0.3, -0.25) is 0 Å². The molecule has 282 valence electrons. The molecule has 8 saturated carbocycles. The van der Waals surface area contributed by atoms with Crippen LogP contribution in [0, 0.1) is 69.5 Å². The Hall–Kier alpha value is -5.85. The molecule has 4 aromatic carbocycles. The Kier molecular flexibility index (Phi) is 7.95. The smallest absolute Gasteiger partial charge is 0.213 e. The standard InChI is InChI=1S/C47H46N6O3/c48-23-26-1-4-40(37(51)13-26)54-43-35(46-17-29-7-30(18-46)9-31(8-29)19-46)16-36(47-20-32-10-33(21-47)12-34(11-32)22-47)44(55-41-5-2-27(24-49)14-38(41)52)45(43)56-42-6-3-28(25-50)15-39(42)53/h1-6,13-16,29-34H,7-12,17-22,51-53H2. The fourth-order valence-corrected chi connectivity index (χ4v) is 13.1. The van der Waals surface area contributed by atoms with Gasteiger partial charge >= 0.3 is 0 Å². The lowest BCUT2D eigenvalue weighted by molar-refractivity contribution is -0.00959. The molecule has 0 radical (unpaired) electrons. The van der Waals surface area contributed by atoms with Crippen LogP contribution >= 0.6 is 0 Å². The zero-order valence-corrected chi connectivity index (χ0v) is 31.5. The third-order valence-electron chi connectivity index (χ3n) is 14.5. The zero-order chi connectivity index (χ0) is 38.3. The van der Waals surface area contributed by atoms with Crippen molar-refractivity contribution < 1.29 is 14.2 Å². The van der Waals surface area contributed by atoms with Gasteiger partial charge in [-0.1, -0.05) is 0 Å². The van der Waals surface area contributed by atoms with E-state index in [0.29, 0.717) is 104 Å². The molecular weight excluding hydrogens is 697 g/mol. The summed E-state index contributed by atoms with van der Waals surface area (Å²) in [4.78, 5) is 0. The van der Waals surface area contributed by atoms with Crippen molar-refractivity contribution in [2.45, 2.75) is 87.9 Å². The lowest BCUT2D eigenvalue weighted by atomic mass is 9.46. The number of nitrogens with zero attached hydrogens (tertiary/aromatic N) is 3. The Bertz CT molecular complexity index is 2210. The normalized spacial score (nSPS) is 30.3. The lowest BCUT2D eigenvalue weighted by Gasteiger charge is -2.59. The van der Waals surface area contributed by atoms with Gasteiger partial charge in [0, 0.05) is 11.1 Å². The van der Waals surface area contributed by atoms with Gasteiger partial charge in [0.05, 0.1) is 52.0 Å². The second kappa shape index (κ2) is 12.9. The largest absolute Gasteiger partial charge is 0.451 e. The molecule has 8 aliphatic rings. The van der Waals surface area contributed by atoms with E-state index in [0.717, 1.165) is 49.7 Å². The maximum atomic E-state index is 9.71. The first kappa shape index (κ1) is 34.6. The van der Waals surface area contributed by atoms with E-state index < -0.39 is 0 Å². The Morgan fingerprint density at radius 3 is 0.982 bits per heavy atom. The number of nitrogens with two attached hydrogens (primary N) is 3. The minimum atomic E-state index is -0.136. The Labute approximate surface area is 327 Å². The van der Waals surface area contributed by atoms with Crippen molar-refractivity contribution in [3.8, 4) is 52.7 Å². The fraction of sp³-hybridized carbons (Fsp3) is 0.426. The van der Waals surface area contributed by atoms with Crippen molar-refractivity contribution in [2.75, 3.05) is 17.2 Å². The van der Waals surface area contributed by atoms with Crippen LogP contribution in [0.1, 0.15) is 105 Å². The number of rotatable bonds is 8. The average molecular weight is 743 g/mol. The molecule has 0 atom stereocenters. The lowest BCUT2D eigenvalue weighted by Crippen LogP contribution is -2.50. The molecule has 0 saturated heterocycles. The summed E-state index contributed by atoms with van der Waals surface area (Å²) in [5.41, 5.74) is 24.3. The second-order valence-electron chi connectivity index (χ2n) is 18.3. The number of nitriles is 3. The number of hydrogen-bond donors (Lipinski definition) is 3. The molecule has 0 heterocycles. The Morgan fingerprint density at radius 1 is 0.429 bits per heavy atom. The van der Waals surface area contributed by atoms with Crippen molar-refractivity contribution in [1.29, 1.82) is 15.8 Å². The van der Waals surface area contributed by atoms with Gasteiger partial charge in [-0.05, 0) is 184 Å². The summed E-state index contributed by atoms with van der Waals surface area (Å²) in [5, 5.41) is 29.1. The number of anilines is 3. The summed E-state index contributed by atoms with van der Waals surface area (Å²) < 4.78 is 21.4. The van der Waals surface area contributed by atoms with E-state index >= 15 is 0 Å². The highest BCUT2D eigenvalue weighted by Gasteiger charge is 2.56. The van der Waals surface area contributed by atoms with Crippen molar-refractivity contribution in [2.24, 2.45) is 35.5 Å². The van der Waals surface area contributed by atoms with E-state index in [1.807, 2.05) is 0 Å². The number of ether oxygens (including phenoxy) is 3. The quantitative estimate of drug-likeness (QED) is 0.148. The summed E-state index contributed by atoms with van der Waals surface area (Å²) in [5.74, 6) is 6.61. The molecule has 9 heteroatoms. The van der Waals surface area contributed by atoms with E-state index in [2.05, 4.69) is 24.3 Å². The second-order valence-corrected chi connectivity index (χ2v) is 18.3. The number of nitrogen functional groups attached to an aromatic ring is 3. The molecular formula is C47H46N6O3. The molecule has 56 heavy (non-hydrogen) atoms. The molecule has 6 N–H and O–H groups in total. The summed E-state index contributed by atoms with van der Waals surface area (Å²) in [6.07, 6.45) is 14.2.